The zero-order chi connectivity index (χ0) is 24.8. The topological polar surface area (TPSA) is 63.1 Å². The molecule has 1 heterocycles. The zero-order valence-corrected chi connectivity index (χ0v) is 20.8. The zero-order valence-electron chi connectivity index (χ0n) is 20.1. The number of carbonyl (C=O) groups is 1. The van der Waals surface area contributed by atoms with Gasteiger partial charge in [0.2, 0.25) is 0 Å². The Morgan fingerprint density at radius 3 is 2.68 bits per heavy atom. The van der Waals surface area contributed by atoms with Crippen LogP contribution in [0.4, 0.5) is 4.39 Å². The van der Waals surface area contributed by atoms with E-state index in [1.54, 1.807) is 24.3 Å². The summed E-state index contributed by atoms with van der Waals surface area (Å²) in [7, 11) is 3.97. The monoisotopic (exact) mass is 483 g/mol. The molecule has 3 rings (SSSR count). The fourth-order valence-corrected chi connectivity index (χ4v) is 4.14. The fourth-order valence-electron chi connectivity index (χ4n) is 3.97. The summed E-state index contributed by atoms with van der Waals surface area (Å²) in [5.41, 5.74) is 1.21. The summed E-state index contributed by atoms with van der Waals surface area (Å²) in [6, 6.07) is 11.0. The molecule has 1 N–H and O–H groups in total. The lowest BCUT2D eigenvalue weighted by Crippen LogP contribution is -2.28. The summed E-state index contributed by atoms with van der Waals surface area (Å²) in [6.45, 7) is 8.39. The second-order valence-corrected chi connectivity index (χ2v) is 8.94. The SMILES string of the molecule is C=CCC(C)NCc1nnc(C(CC)N(C)C)n1-c1ccc(Cl)cc1C(=O)c1cccc(F)c1. The molecule has 0 saturated heterocycles. The second-order valence-electron chi connectivity index (χ2n) is 8.50. The number of hydrogen-bond acceptors (Lipinski definition) is 5. The number of ketones is 1. The van der Waals surface area contributed by atoms with E-state index < -0.39 is 5.82 Å². The summed E-state index contributed by atoms with van der Waals surface area (Å²) in [4.78, 5) is 15.6. The van der Waals surface area contributed by atoms with E-state index in [1.807, 2.05) is 24.7 Å². The molecular formula is C26H31ClFN5O. The highest BCUT2D eigenvalue weighted by Crippen LogP contribution is 2.29. The fraction of sp³-hybridized carbons (Fsp3) is 0.346. The van der Waals surface area contributed by atoms with E-state index in [2.05, 4.69) is 40.8 Å². The third-order valence-corrected chi connectivity index (χ3v) is 5.96. The maximum atomic E-state index is 13.9. The maximum Gasteiger partial charge on any atom is 0.195 e. The van der Waals surface area contributed by atoms with Gasteiger partial charge in [-0.1, -0.05) is 36.7 Å². The minimum absolute atomic E-state index is 0.0281. The van der Waals surface area contributed by atoms with Crippen molar-refractivity contribution >= 4 is 17.4 Å². The van der Waals surface area contributed by atoms with Crippen LogP contribution in [0.15, 0.2) is 55.1 Å². The number of nitrogens with zero attached hydrogens (tertiary/aromatic N) is 4. The molecule has 6 nitrogen and oxygen atoms in total. The Morgan fingerprint density at radius 2 is 2.03 bits per heavy atom. The molecule has 0 saturated carbocycles. The van der Waals surface area contributed by atoms with Crippen molar-refractivity contribution < 1.29 is 9.18 Å². The summed E-state index contributed by atoms with van der Waals surface area (Å²) in [5, 5.41) is 12.9. The first-order valence-corrected chi connectivity index (χ1v) is 11.7. The van der Waals surface area contributed by atoms with Crippen molar-refractivity contribution in [2.24, 2.45) is 0 Å². The Balaban J connectivity index is 2.17. The lowest BCUT2D eigenvalue weighted by atomic mass is 10.0. The number of aromatic nitrogens is 3. The Kier molecular flexibility index (Phi) is 8.72. The molecule has 2 atom stereocenters. The van der Waals surface area contributed by atoms with Crippen LogP contribution in [0.25, 0.3) is 5.69 Å². The van der Waals surface area contributed by atoms with Crippen molar-refractivity contribution in [3.8, 4) is 5.69 Å². The molecule has 8 heteroatoms. The quantitative estimate of drug-likeness (QED) is 0.294. The Hall–Kier alpha value is -2.87. The first kappa shape index (κ1) is 25.7. The molecule has 0 fully saturated rings. The van der Waals surface area contributed by atoms with Crippen LogP contribution in [0.1, 0.15) is 60.3 Å². The van der Waals surface area contributed by atoms with Gasteiger partial charge in [-0.05, 0) is 64.2 Å². The number of halogens is 2. The van der Waals surface area contributed by atoms with Crippen LogP contribution in [-0.4, -0.2) is 45.6 Å². The average Bonchev–Trinajstić information content (AvgIpc) is 3.21. The molecule has 0 amide bonds. The highest BCUT2D eigenvalue weighted by atomic mass is 35.5. The minimum atomic E-state index is -0.473. The number of benzene rings is 2. The summed E-state index contributed by atoms with van der Waals surface area (Å²) >= 11 is 6.30. The van der Waals surface area contributed by atoms with E-state index in [-0.39, 0.29) is 23.4 Å². The summed E-state index contributed by atoms with van der Waals surface area (Å²) in [5.74, 6) is 0.589. The first-order chi connectivity index (χ1) is 16.3. The van der Waals surface area contributed by atoms with Crippen molar-refractivity contribution in [3.63, 3.8) is 0 Å². The molecule has 0 bridgehead atoms. The van der Waals surface area contributed by atoms with Gasteiger partial charge in [-0.2, -0.15) is 0 Å². The predicted octanol–water partition coefficient (Wildman–Crippen LogP) is 5.36. The standard InChI is InChI=1S/C26H31ClFN5O/c1-6-9-17(3)29-16-24-30-31-26(22(7-2)32(4)5)33(24)23-13-12-19(27)15-21(23)25(34)18-10-8-11-20(28)14-18/h6,8,10-15,17,22,29H,1,7,9,16H2,2-5H3. The van der Waals surface area contributed by atoms with Crippen molar-refractivity contribution in [2.45, 2.75) is 45.3 Å². The van der Waals surface area contributed by atoms with Gasteiger partial charge in [0.1, 0.15) is 5.82 Å². The maximum absolute atomic E-state index is 13.9. The van der Waals surface area contributed by atoms with Crippen LogP contribution in [0.5, 0.6) is 0 Å². The van der Waals surface area contributed by atoms with Gasteiger partial charge in [-0.3, -0.25) is 14.3 Å². The summed E-state index contributed by atoms with van der Waals surface area (Å²) < 4.78 is 15.8. The van der Waals surface area contributed by atoms with Crippen molar-refractivity contribution in [2.75, 3.05) is 14.1 Å². The molecule has 2 aromatic carbocycles. The largest absolute Gasteiger partial charge is 0.307 e. The van der Waals surface area contributed by atoms with Gasteiger partial charge in [0.15, 0.2) is 17.4 Å². The lowest BCUT2D eigenvalue weighted by Gasteiger charge is -2.24. The average molecular weight is 484 g/mol. The molecular weight excluding hydrogens is 453 g/mol. The van der Waals surface area contributed by atoms with Crippen LogP contribution in [0, 0.1) is 5.82 Å². The van der Waals surface area contributed by atoms with Crippen LogP contribution in [0.2, 0.25) is 5.02 Å². The van der Waals surface area contributed by atoms with E-state index in [1.165, 1.54) is 18.2 Å². The second kappa shape index (κ2) is 11.5. The summed E-state index contributed by atoms with van der Waals surface area (Å²) in [6.07, 6.45) is 3.47. The molecule has 180 valence electrons. The smallest absolute Gasteiger partial charge is 0.195 e. The molecule has 0 spiro atoms. The highest BCUT2D eigenvalue weighted by Gasteiger charge is 2.26. The van der Waals surface area contributed by atoms with Crippen LogP contribution in [-0.2, 0) is 6.54 Å². The van der Waals surface area contributed by atoms with Gasteiger partial charge in [0.05, 0.1) is 18.3 Å². The minimum Gasteiger partial charge on any atom is -0.307 e. The Morgan fingerprint density at radius 1 is 1.26 bits per heavy atom. The molecule has 34 heavy (non-hydrogen) atoms. The molecule has 3 aromatic rings. The molecule has 0 radical (unpaired) electrons. The molecule has 1 aromatic heterocycles. The number of rotatable bonds is 11. The van der Waals surface area contributed by atoms with Gasteiger partial charge in [0.25, 0.3) is 0 Å². The van der Waals surface area contributed by atoms with E-state index in [9.17, 15) is 9.18 Å². The van der Waals surface area contributed by atoms with Crippen molar-refractivity contribution in [3.05, 3.63) is 88.7 Å². The predicted molar refractivity (Wildman–Crippen MR) is 134 cm³/mol. The van der Waals surface area contributed by atoms with Gasteiger partial charge in [-0.25, -0.2) is 4.39 Å². The van der Waals surface area contributed by atoms with E-state index in [4.69, 9.17) is 11.6 Å². The normalized spacial score (nSPS) is 13.1. The van der Waals surface area contributed by atoms with Crippen LogP contribution < -0.4 is 5.32 Å². The van der Waals surface area contributed by atoms with E-state index >= 15 is 0 Å². The molecule has 0 aliphatic heterocycles. The van der Waals surface area contributed by atoms with Crippen LogP contribution >= 0.6 is 11.6 Å². The van der Waals surface area contributed by atoms with Gasteiger partial charge >= 0.3 is 0 Å². The Bertz CT molecular complexity index is 1160. The Labute approximate surface area is 205 Å². The molecule has 0 aliphatic carbocycles. The number of nitrogens with one attached hydrogen (secondary N) is 1. The lowest BCUT2D eigenvalue weighted by molar-refractivity contribution is 0.103. The number of carbonyl (C=O) groups excluding carboxylic acids is 1. The third kappa shape index (κ3) is 5.78. The van der Waals surface area contributed by atoms with Crippen LogP contribution in [0.3, 0.4) is 0 Å². The first-order valence-electron chi connectivity index (χ1n) is 11.3. The highest BCUT2D eigenvalue weighted by molar-refractivity contribution is 6.31. The van der Waals surface area contributed by atoms with Crippen molar-refractivity contribution in [1.29, 1.82) is 0 Å². The van der Waals surface area contributed by atoms with Crippen molar-refractivity contribution in [1.82, 2.24) is 25.0 Å². The van der Waals surface area contributed by atoms with Gasteiger partial charge in [-0.15, -0.1) is 16.8 Å². The van der Waals surface area contributed by atoms with E-state index in [0.717, 1.165) is 18.7 Å². The van der Waals surface area contributed by atoms with Gasteiger partial charge < -0.3 is 5.32 Å². The third-order valence-electron chi connectivity index (χ3n) is 5.72. The molecule has 0 aliphatic rings. The number of hydrogen-bond donors (Lipinski definition) is 1. The van der Waals surface area contributed by atoms with E-state index in [0.29, 0.717) is 28.6 Å². The van der Waals surface area contributed by atoms with Gasteiger partial charge in [0, 0.05) is 22.2 Å². The molecule has 2 unspecified atom stereocenters.